The summed E-state index contributed by atoms with van der Waals surface area (Å²) in [5.41, 5.74) is 8.07. The highest BCUT2D eigenvalue weighted by Gasteiger charge is 2.43. The summed E-state index contributed by atoms with van der Waals surface area (Å²) in [5.74, 6) is -3.80. The molecule has 4 aliphatic rings. The van der Waals surface area contributed by atoms with Gasteiger partial charge in [-0.05, 0) is 89.6 Å². The van der Waals surface area contributed by atoms with E-state index >= 15 is 4.79 Å². The number of hydrogen-bond acceptors (Lipinski definition) is 8. The monoisotopic (exact) mass is 1100 g/mol. The zero-order chi connectivity index (χ0) is 57.3. The molecule has 4 fully saturated rings. The van der Waals surface area contributed by atoms with Gasteiger partial charge in [-0.3, -0.25) is 38.4 Å². The van der Waals surface area contributed by atoms with Gasteiger partial charge in [-0.25, -0.2) is 0 Å². The summed E-state index contributed by atoms with van der Waals surface area (Å²) >= 11 is 0. The molecule has 16 heteroatoms. The second kappa shape index (κ2) is 25.7. The minimum absolute atomic E-state index is 0.0381. The van der Waals surface area contributed by atoms with Gasteiger partial charge in [-0.2, -0.15) is 0 Å². The van der Waals surface area contributed by atoms with E-state index < -0.39 is 89.7 Å². The largest absolute Gasteiger partial charge is 0.342 e. The normalized spacial score (nSPS) is 23.7. The van der Waals surface area contributed by atoms with Crippen molar-refractivity contribution in [2.45, 2.75) is 126 Å². The van der Waals surface area contributed by atoms with Crippen molar-refractivity contribution in [3.8, 4) is 11.1 Å². The third-order valence-corrected chi connectivity index (χ3v) is 16.4. The smallest absolute Gasteiger partial charge is 0.246 e. The number of fused-ring (bicyclic) bond motifs is 2. The second-order valence-corrected chi connectivity index (χ2v) is 22.2. The summed E-state index contributed by atoms with van der Waals surface area (Å²) in [4.78, 5) is 119. The minimum Gasteiger partial charge on any atom is -0.342 e. The third-order valence-electron chi connectivity index (χ3n) is 16.4. The first-order valence-electron chi connectivity index (χ1n) is 28.5. The Labute approximate surface area is 478 Å². The van der Waals surface area contributed by atoms with Gasteiger partial charge in [-0.1, -0.05) is 163 Å². The molecule has 0 unspecified atom stereocenters. The van der Waals surface area contributed by atoms with E-state index in [-0.39, 0.29) is 44.4 Å². The Hall–Kier alpha value is -8.92. The van der Waals surface area contributed by atoms with Crippen LogP contribution in [0.4, 0.5) is 0 Å². The fourth-order valence-electron chi connectivity index (χ4n) is 11.9. The molecule has 4 heterocycles. The van der Waals surface area contributed by atoms with Crippen molar-refractivity contribution < 1.29 is 38.4 Å². The highest BCUT2D eigenvalue weighted by molar-refractivity contribution is 6.00. The van der Waals surface area contributed by atoms with Crippen LogP contribution in [0.5, 0.6) is 0 Å². The van der Waals surface area contributed by atoms with Crippen LogP contribution in [-0.4, -0.2) is 118 Å². The molecule has 8 atom stereocenters. The van der Waals surface area contributed by atoms with Crippen LogP contribution in [0.2, 0.25) is 0 Å². The van der Waals surface area contributed by atoms with Crippen molar-refractivity contribution in [2.75, 3.05) is 13.1 Å². The first-order chi connectivity index (χ1) is 39.7. The molecule has 0 bridgehead atoms. The molecule has 8 amide bonds. The average molecular weight is 1100 g/mol. The van der Waals surface area contributed by atoms with Gasteiger partial charge in [0.05, 0.1) is 0 Å². The highest BCUT2D eigenvalue weighted by atomic mass is 16.2. The third kappa shape index (κ3) is 13.5. The number of nitrogens with zero attached hydrogens (tertiary/aromatic N) is 2. The minimum atomic E-state index is -1.17. The predicted molar refractivity (Wildman–Crippen MR) is 310 cm³/mol. The molecule has 6 aromatic rings. The summed E-state index contributed by atoms with van der Waals surface area (Å²) in [7, 11) is 0. The fourth-order valence-corrected chi connectivity index (χ4v) is 11.9. The number of amides is 8. The van der Waals surface area contributed by atoms with Crippen LogP contribution in [0.1, 0.15) is 70.2 Å². The highest BCUT2D eigenvalue weighted by Crippen LogP contribution is 2.30. The molecular formula is C66H70N8O8. The number of rotatable bonds is 13. The Morgan fingerprint density at radius 3 is 1.20 bits per heavy atom. The van der Waals surface area contributed by atoms with E-state index in [0.717, 1.165) is 55.6 Å². The summed E-state index contributed by atoms with van der Waals surface area (Å²) < 4.78 is 0. The summed E-state index contributed by atoms with van der Waals surface area (Å²) in [5, 5.41) is 17.9. The number of aryl methyl sites for hydroxylation is 2. The average Bonchev–Trinajstić information content (AvgIpc) is 4.33. The number of benzene rings is 6. The maximum Gasteiger partial charge on any atom is 0.246 e. The van der Waals surface area contributed by atoms with E-state index in [9.17, 15) is 33.6 Å². The van der Waals surface area contributed by atoms with Crippen LogP contribution in [0.15, 0.2) is 158 Å². The van der Waals surface area contributed by atoms with Gasteiger partial charge in [0, 0.05) is 51.6 Å². The maximum atomic E-state index is 15.0. The van der Waals surface area contributed by atoms with Crippen molar-refractivity contribution in [3.05, 3.63) is 202 Å². The molecule has 0 aliphatic carbocycles. The molecule has 0 aromatic heterocycles. The first kappa shape index (κ1) is 56.4. The van der Waals surface area contributed by atoms with Crippen LogP contribution in [0.25, 0.3) is 11.1 Å². The molecular weight excluding hydrogens is 1030 g/mol. The standard InChI is InChI=1S/C66H70N8O8/c1-41-26-28-46(29-27-41)37-51-61(77)72-56(66(82)74-33-15-25-58(74)64(80)69-52(59(75)67-51)35-43-16-6-3-7-17-43)40-48-22-12-13-23-50(48)49-31-30-47(42(2)34-49)39-54-62(78)71-55(38-45-20-10-5-11-21-45)65(81)73-32-14-24-57(73)63(79)70-53(60(76)68-54)36-44-18-8-4-9-19-44/h3-13,16-23,26-31,34,51-58H,14-15,24-25,32-33,35-40H2,1-2H3,(H,67,75)(H,68,76)(H,69,80)(H,70,79)(H,71,78)(H,72,77)/t51-,52+,53+,54-,55+,56+,57-,58-/m1/s1. The number of hydrogen-bond donors (Lipinski definition) is 6. The lowest BCUT2D eigenvalue weighted by molar-refractivity contribution is -0.143. The molecule has 82 heavy (non-hydrogen) atoms. The summed E-state index contributed by atoms with van der Waals surface area (Å²) in [6.07, 6.45) is 2.67. The van der Waals surface area contributed by atoms with Gasteiger partial charge in [0.2, 0.25) is 47.3 Å². The maximum absolute atomic E-state index is 15.0. The van der Waals surface area contributed by atoms with E-state index in [2.05, 4.69) is 31.9 Å². The Balaban J connectivity index is 0.938. The van der Waals surface area contributed by atoms with Crippen molar-refractivity contribution in [1.82, 2.24) is 41.7 Å². The van der Waals surface area contributed by atoms with Gasteiger partial charge < -0.3 is 41.7 Å². The Morgan fingerprint density at radius 1 is 0.366 bits per heavy atom. The summed E-state index contributed by atoms with van der Waals surface area (Å²) in [6, 6.07) is 40.8. The topological polar surface area (TPSA) is 215 Å². The van der Waals surface area contributed by atoms with E-state index in [1.54, 1.807) is 0 Å². The van der Waals surface area contributed by atoms with Crippen molar-refractivity contribution in [1.29, 1.82) is 0 Å². The van der Waals surface area contributed by atoms with Gasteiger partial charge >= 0.3 is 0 Å². The predicted octanol–water partition coefficient (Wildman–Crippen LogP) is 4.94. The lowest BCUT2D eigenvalue weighted by atomic mass is 9.91. The van der Waals surface area contributed by atoms with Crippen LogP contribution < -0.4 is 31.9 Å². The zero-order valence-electron chi connectivity index (χ0n) is 46.3. The molecule has 6 N–H and O–H groups in total. The lowest BCUT2D eigenvalue weighted by Crippen LogP contribution is -2.62. The van der Waals surface area contributed by atoms with Gasteiger partial charge in [0.25, 0.3) is 0 Å². The quantitative estimate of drug-likeness (QED) is 0.0930. The molecule has 422 valence electrons. The van der Waals surface area contributed by atoms with E-state index in [1.807, 2.05) is 172 Å². The van der Waals surface area contributed by atoms with Crippen LogP contribution >= 0.6 is 0 Å². The van der Waals surface area contributed by atoms with Crippen LogP contribution in [0.3, 0.4) is 0 Å². The molecule has 0 radical (unpaired) electrons. The zero-order valence-corrected chi connectivity index (χ0v) is 46.3. The Morgan fingerprint density at radius 2 is 0.732 bits per heavy atom. The van der Waals surface area contributed by atoms with Crippen molar-refractivity contribution >= 4 is 47.3 Å². The van der Waals surface area contributed by atoms with Gasteiger partial charge in [0.1, 0.15) is 48.3 Å². The van der Waals surface area contributed by atoms with Gasteiger partial charge in [-0.15, -0.1) is 0 Å². The number of carbonyl (C=O) groups excluding carboxylic acids is 8. The van der Waals surface area contributed by atoms with Crippen molar-refractivity contribution in [2.24, 2.45) is 0 Å². The molecule has 4 saturated heterocycles. The molecule has 0 saturated carbocycles. The number of carbonyl (C=O) groups is 8. The molecule has 10 rings (SSSR count). The Bertz CT molecular complexity index is 3320. The first-order valence-corrected chi connectivity index (χ1v) is 28.5. The van der Waals surface area contributed by atoms with Gasteiger partial charge in [0.15, 0.2) is 0 Å². The van der Waals surface area contributed by atoms with Crippen LogP contribution in [-0.2, 0) is 76.9 Å². The molecule has 4 aliphatic heterocycles. The van der Waals surface area contributed by atoms with E-state index in [4.69, 9.17) is 0 Å². The molecule has 6 aromatic carbocycles. The van der Waals surface area contributed by atoms with E-state index in [0.29, 0.717) is 38.8 Å². The van der Waals surface area contributed by atoms with E-state index in [1.165, 1.54) is 9.80 Å². The SMILES string of the molecule is Cc1ccc(C[C@H]2NC(=O)[C@H](Cc3ccccc3)NC(=O)[C@H]3CCCN3C(=O)[C@H](Cc3ccccc3-c3ccc(C[C@H]4NC(=O)[C@H](Cc5ccccc5)NC(=O)[C@H]5CCCN5C(=O)[C@H](Cc5ccccc5)NC4=O)c(C)c3)NC2=O)cc1. The molecule has 16 nitrogen and oxygen atoms in total. The second-order valence-electron chi connectivity index (χ2n) is 22.2. The number of nitrogens with one attached hydrogen (secondary N) is 6. The molecule has 0 spiro atoms. The van der Waals surface area contributed by atoms with Crippen LogP contribution in [0, 0.1) is 13.8 Å². The fraction of sp³-hybridized carbons (Fsp3) is 0.333. The lowest BCUT2D eigenvalue weighted by Gasteiger charge is -2.33. The Kier molecular flexibility index (Phi) is 17.7. The van der Waals surface area contributed by atoms with Crippen molar-refractivity contribution in [3.63, 3.8) is 0 Å². The summed E-state index contributed by atoms with van der Waals surface area (Å²) in [6.45, 7) is 4.49.